The third-order valence-corrected chi connectivity index (χ3v) is 4.43. The zero-order valence-corrected chi connectivity index (χ0v) is 13.0. The number of nitrogens with one attached hydrogen (secondary N) is 1. The summed E-state index contributed by atoms with van der Waals surface area (Å²) in [6.45, 7) is 0.553. The summed E-state index contributed by atoms with van der Waals surface area (Å²) >= 11 is 0. The quantitative estimate of drug-likeness (QED) is 0.854. The zero-order valence-electron chi connectivity index (χ0n) is 12.2. The van der Waals surface area contributed by atoms with Crippen LogP contribution >= 0.6 is 0 Å². The Hall–Kier alpha value is -1.76. The number of aliphatic hydroxyl groups excluding tert-OH is 1. The van der Waals surface area contributed by atoms with Gasteiger partial charge in [0.1, 0.15) is 5.82 Å². The molecule has 0 aliphatic rings. The zero-order chi connectivity index (χ0) is 16.2. The molecule has 4 nitrogen and oxygen atoms in total. The Balaban J connectivity index is 1.92. The van der Waals surface area contributed by atoms with Gasteiger partial charge < -0.3 is 10.4 Å². The second-order valence-corrected chi connectivity index (χ2v) is 7.10. The molecule has 0 radical (unpaired) electrons. The van der Waals surface area contributed by atoms with E-state index < -0.39 is 15.9 Å². The molecule has 6 heteroatoms. The summed E-state index contributed by atoms with van der Waals surface area (Å²) in [6, 6.07) is 12.5. The van der Waals surface area contributed by atoms with E-state index in [0.29, 0.717) is 17.7 Å². The summed E-state index contributed by atoms with van der Waals surface area (Å²) in [5, 5.41) is 13.0. The molecule has 2 rings (SSSR count). The third-order valence-electron chi connectivity index (χ3n) is 3.30. The van der Waals surface area contributed by atoms with Crippen LogP contribution in [0, 0.1) is 5.82 Å². The monoisotopic (exact) mass is 323 g/mol. The summed E-state index contributed by atoms with van der Waals surface area (Å²) in [5.41, 5.74) is 1.13. The average Bonchev–Trinajstić information content (AvgIpc) is 2.48. The van der Waals surface area contributed by atoms with Gasteiger partial charge in [0, 0.05) is 24.9 Å². The molecular formula is C16H18FNO3S. The van der Waals surface area contributed by atoms with E-state index in [2.05, 4.69) is 5.32 Å². The summed E-state index contributed by atoms with van der Waals surface area (Å²) in [4.78, 5) is 0.211. The van der Waals surface area contributed by atoms with Gasteiger partial charge in [0.25, 0.3) is 0 Å². The molecule has 0 amide bonds. The van der Waals surface area contributed by atoms with Crippen LogP contribution < -0.4 is 5.32 Å². The van der Waals surface area contributed by atoms with Crippen molar-refractivity contribution in [3.8, 4) is 0 Å². The maximum atomic E-state index is 13.4. The Morgan fingerprint density at radius 1 is 1.14 bits per heavy atom. The Morgan fingerprint density at radius 3 is 2.36 bits per heavy atom. The van der Waals surface area contributed by atoms with Gasteiger partial charge >= 0.3 is 0 Å². The molecule has 118 valence electrons. The van der Waals surface area contributed by atoms with Gasteiger partial charge in [-0.15, -0.1) is 0 Å². The molecule has 0 saturated carbocycles. The van der Waals surface area contributed by atoms with Crippen LogP contribution in [0.2, 0.25) is 0 Å². The number of rotatable bonds is 6. The average molecular weight is 323 g/mol. The van der Waals surface area contributed by atoms with Crippen molar-refractivity contribution >= 4 is 9.84 Å². The Labute approximate surface area is 129 Å². The standard InChI is InChI=1S/C16H18FNO3S/c1-22(20,21)14-8-6-12(7-9-14)16(19)11-18-10-13-4-2-3-5-15(13)17/h2-9,16,18-19H,10-11H2,1H3. The van der Waals surface area contributed by atoms with E-state index in [4.69, 9.17) is 0 Å². The van der Waals surface area contributed by atoms with Crippen LogP contribution in [-0.4, -0.2) is 26.3 Å². The molecule has 1 atom stereocenters. The molecule has 0 aliphatic heterocycles. The lowest BCUT2D eigenvalue weighted by atomic mass is 10.1. The molecule has 2 aromatic carbocycles. The van der Waals surface area contributed by atoms with E-state index in [0.717, 1.165) is 6.26 Å². The molecule has 2 aromatic rings. The fourth-order valence-electron chi connectivity index (χ4n) is 2.04. The van der Waals surface area contributed by atoms with Gasteiger partial charge in [-0.1, -0.05) is 30.3 Å². The van der Waals surface area contributed by atoms with Crippen molar-refractivity contribution in [2.75, 3.05) is 12.8 Å². The number of benzene rings is 2. The number of sulfone groups is 1. The lowest BCUT2D eigenvalue weighted by molar-refractivity contribution is 0.174. The fourth-order valence-corrected chi connectivity index (χ4v) is 2.67. The Bertz CT molecular complexity index is 729. The minimum absolute atomic E-state index is 0.211. The molecule has 0 heterocycles. The van der Waals surface area contributed by atoms with Crippen molar-refractivity contribution in [1.29, 1.82) is 0 Å². The molecule has 0 fully saturated rings. The highest BCUT2D eigenvalue weighted by atomic mass is 32.2. The van der Waals surface area contributed by atoms with Crippen LogP contribution in [0.3, 0.4) is 0 Å². The van der Waals surface area contributed by atoms with Crippen molar-refractivity contribution in [3.63, 3.8) is 0 Å². The van der Waals surface area contributed by atoms with Gasteiger partial charge in [-0.2, -0.15) is 0 Å². The molecule has 22 heavy (non-hydrogen) atoms. The Kier molecular flexibility index (Phi) is 5.28. The highest BCUT2D eigenvalue weighted by Crippen LogP contribution is 2.16. The third kappa shape index (κ3) is 4.37. The van der Waals surface area contributed by atoms with Crippen LogP contribution in [0.1, 0.15) is 17.2 Å². The first-order valence-corrected chi connectivity index (χ1v) is 8.69. The van der Waals surface area contributed by atoms with Crippen molar-refractivity contribution < 1.29 is 17.9 Å². The summed E-state index contributed by atoms with van der Waals surface area (Å²) in [6.07, 6.45) is 0.342. The van der Waals surface area contributed by atoms with Crippen molar-refractivity contribution in [1.82, 2.24) is 5.32 Å². The van der Waals surface area contributed by atoms with Crippen LogP contribution in [-0.2, 0) is 16.4 Å². The lowest BCUT2D eigenvalue weighted by Crippen LogP contribution is -2.21. The van der Waals surface area contributed by atoms with Gasteiger partial charge in [0.15, 0.2) is 9.84 Å². The number of aliphatic hydroxyl groups is 1. The van der Waals surface area contributed by atoms with Gasteiger partial charge in [0.05, 0.1) is 11.0 Å². The van der Waals surface area contributed by atoms with E-state index in [1.807, 2.05) is 0 Å². The van der Waals surface area contributed by atoms with Crippen molar-refractivity contribution in [2.45, 2.75) is 17.5 Å². The highest BCUT2D eigenvalue weighted by Gasteiger charge is 2.11. The van der Waals surface area contributed by atoms with E-state index >= 15 is 0 Å². The molecule has 0 spiro atoms. The predicted molar refractivity (Wildman–Crippen MR) is 82.6 cm³/mol. The molecule has 0 aromatic heterocycles. The SMILES string of the molecule is CS(=O)(=O)c1ccc(C(O)CNCc2ccccc2F)cc1. The highest BCUT2D eigenvalue weighted by molar-refractivity contribution is 7.90. The molecule has 1 unspecified atom stereocenters. The van der Waals surface area contributed by atoms with Gasteiger partial charge in [0.2, 0.25) is 0 Å². The van der Waals surface area contributed by atoms with E-state index in [1.165, 1.54) is 18.2 Å². The predicted octanol–water partition coefficient (Wildman–Crippen LogP) is 2.05. The Morgan fingerprint density at radius 2 is 1.77 bits per heavy atom. The number of hydrogen-bond acceptors (Lipinski definition) is 4. The van der Waals surface area contributed by atoms with Crippen LogP contribution in [0.25, 0.3) is 0 Å². The maximum Gasteiger partial charge on any atom is 0.175 e. The largest absolute Gasteiger partial charge is 0.387 e. The second kappa shape index (κ2) is 7.00. The fraction of sp³-hybridized carbons (Fsp3) is 0.250. The maximum absolute atomic E-state index is 13.4. The normalized spacial score (nSPS) is 13.0. The molecule has 0 aliphatic carbocycles. The van der Waals surface area contributed by atoms with Crippen LogP contribution in [0.15, 0.2) is 53.4 Å². The molecule has 0 saturated heterocycles. The summed E-state index contributed by atoms with van der Waals surface area (Å²) in [5.74, 6) is -0.290. The first kappa shape index (κ1) is 16.6. The number of halogens is 1. The van der Waals surface area contributed by atoms with Crippen molar-refractivity contribution in [3.05, 3.63) is 65.5 Å². The minimum Gasteiger partial charge on any atom is -0.387 e. The summed E-state index contributed by atoms with van der Waals surface area (Å²) in [7, 11) is -3.24. The van der Waals surface area contributed by atoms with E-state index in [9.17, 15) is 17.9 Å². The van der Waals surface area contributed by atoms with E-state index in [-0.39, 0.29) is 17.3 Å². The van der Waals surface area contributed by atoms with E-state index in [1.54, 1.807) is 30.3 Å². The van der Waals surface area contributed by atoms with Gasteiger partial charge in [-0.25, -0.2) is 12.8 Å². The molecule has 2 N–H and O–H groups in total. The first-order chi connectivity index (χ1) is 10.4. The summed E-state index contributed by atoms with van der Waals surface area (Å²) < 4.78 is 36.2. The van der Waals surface area contributed by atoms with Crippen LogP contribution in [0.5, 0.6) is 0 Å². The topological polar surface area (TPSA) is 66.4 Å². The van der Waals surface area contributed by atoms with Crippen LogP contribution in [0.4, 0.5) is 4.39 Å². The first-order valence-electron chi connectivity index (χ1n) is 6.80. The number of hydrogen-bond donors (Lipinski definition) is 2. The molecular weight excluding hydrogens is 305 g/mol. The van der Waals surface area contributed by atoms with Crippen molar-refractivity contribution in [2.24, 2.45) is 0 Å². The second-order valence-electron chi connectivity index (χ2n) is 5.08. The van der Waals surface area contributed by atoms with Gasteiger partial charge in [-0.05, 0) is 23.8 Å². The molecule has 0 bridgehead atoms. The lowest BCUT2D eigenvalue weighted by Gasteiger charge is -2.13. The minimum atomic E-state index is -3.24. The smallest absolute Gasteiger partial charge is 0.175 e. The van der Waals surface area contributed by atoms with Gasteiger partial charge in [-0.3, -0.25) is 0 Å².